The summed E-state index contributed by atoms with van der Waals surface area (Å²) in [5, 5.41) is 22.6. The number of aliphatic hydroxyl groups excluding tert-OH is 1. The fourth-order valence-corrected chi connectivity index (χ4v) is 4.23. The first-order valence-electron chi connectivity index (χ1n) is 11.6. The number of hydrogen-bond donors (Lipinski definition) is 4. The van der Waals surface area contributed by atoms with Crippen molar-refractivity contribution in [1.29, 1.82) is 0 Å². The molecule has 0 bridgehead atoms. The maximum Gasteiger partial charge on any atom is 0.273 e. The van der Waals surface area contributed by atoms with Crippen molar-refractivity contribution in [2.45, 2.75) is 71.5 Å². The van der Waals surface area contributed by atoms with Gasteiger partial charge in [-0.25, -0.2) is 0 Å². The van der Waals surface area contributed by atoms with Crippen LogP contribution in [0.4, 0.5) is 0 Å². The number of para-hydroxylation sites is 1. The van der Waals surface area contributed by atoms with Gasteiger partial charge in [-0.2, -0.15) is 5.10 Å². The smallest absolute Gasteiger partial charge is 0.273 e. The van der Waals surface area contributed by atoms with Crippen LogP contribution in [0.3, 0.4) is 0 Å². The zero-order chi connectivity index (χ0) is 24.0. The van der Waals surface area contributed by atoms with Gasteiger partial charge in [0.2, 0.25) is 11.8 Å². The third-order valence-electron chi connectivity index (χ3n) is 5.95. The Morgan fingerprint density at radius 1 is 1.15 bits per heavy atom. The predicted molar refractivity (Wildman–Crippen MR) is 126 cm³/mol. The molecular formula is C24H35N5O4. The first-order valence-corrected chi connectivity index (χ1v) is 11.6. The molecule has 9 nitrogen and oxygen atoms in total. The molecule has 1 aromatic heterocycles. The van der Waals surface area contributed by atoms with Crippen LogP contribution in [0.15, 0.2) is 24.3 Å². The standard InChI is InChI=1S/C24H35N5O4/c1-24(2,3)21(23(33)25-13-14-30)27-22(32)20-17-11-7-8-12-18(17)29(28-20)15-19(31)26-16-9-5-4-6-10-16/h7-8,11-12,16,21,30H,4-6,9-10,13-15H2,1-3H3,(H,25,33)(H,26,31)(H,27,32)/t21-/m1/s1. The third kappa shape index (κ3) is 6.31. The summed E-state index contributed by atoms with van der Waals surface area (Å²) in [7, 11) is 0. The van der Waals surface area contributed by atoms with Crippen molar-refractivity contribution in [2.75, 3.05) is 13.2 Å². The van der Waals surface area contributed by atoms with Crippen LogP contribution in [-0.2, 0) is 16.1 Å². The van der Waals surface area contributed by atoms with Gasteiger partial charge in [-0.1, -0.05) is 58.2 Å². The van der Waals surface area contributed by atoms with E-state index in [1.54, 1.807) is 10.7 Å². The molecule has 1 aliphatic carbocycles. The number of nitrogens with zero attached hydrogens (tertiary/aromatic N) is 2. The summed E-state index contributed by atoms with van der Waals surface area (Å²) in [6.45, 7) is 5.49. The van der Waals surface area contributed by atoms with Gasteiger partial charge in [0.1, 0.15) is 12.6 Å². The van der Waals surface area contributed by atoms with E-state index in [0.717, 1.165) is 25.7 Å². The van der Waals surface area contributed by atoms with Gasteiger partial charge in [0.25, 0.3) is 5.91 Å². The van der Waals surface area contributed by atoms with E-state index in [1.807, 2.05) is 39.0 Å². The molecule has 0 radical (unpaired) electrons. The normalized spacial score (nSPS) is 15.8. The summed E-state index contributed by atoms with van der Waals surface area (Å²) >= 11 is 0. The number of carbonyl (C=O) groups is 3. The molecule has 1 saturated carbocycles. The van der Waals surface area contributed by atoms with Crippen LogP contribution in [0.25, 0.3) is 10.9 Å². The summed E-state index contributed by atoms with van der Waals surface area (Å²) in [6.07, 6.45) is 5.45. The van der Waals surface area contributed by atoms with Crippen molar-refractivity contribution in [1.82, 2.24) is 25.7 Å². The molecule has 3 rings (SSSR count). The van der Waals surface area contributed by atoms with Gasteiger partial charge in [-0.05, 0) is 24.3 Å². The van der Waals surface area contributed by atoms with E-state index in [-0.39, 0.29) is 43.2 Å². The van der Waals surface area contributed by atoms with Crippen LogP contribution in [0.1, 0.15) is 63.4 Å². The van der Waals surface area contributed by atoms with Crippen molar-refractivity contribution in [3.63, 3.8) is 0 Å². The largest absolute Gasteiger partial charge is 0.395 e. The quantitative estimate of drug-likeness (QED) is 0.480. The monoisotopic (exact) mass is 457 g/mol. The minimum atomic E-state index is -0.824. The Morgan fingerprint density at radius 2 is 1.85 bits per heavy atom. The molecular weight excluding hydrogens is 422 g/mol. The second-order valence-corrected chi connectivity index (χ2v) is 9.71. The van der Waals surface area contributed by atoms with Crippen molar-refractivity contribution in [2.24, 2.45) is 5.41 Å². The predicted octanol–water partition coefficient (Wildman–Crippen LogP) is 1.74. The maximum atomic E-state index is 13.2. The van der Waals surface area contributed by atoms with Gasteiger partial charge >= 0.3 is 0 Å². The fourth-order valence-electron chi connectivity index (χ4n) is 4.23. The molecule has 0 saturated heterocycles. The SMILES string of the molecule is CC(C)(C)[C@H](NC(=O)c1nn(CC(=O)NC2CCCCC2)c2ccccc12)C(=O)NCCO. The first-order chi connectivity index (χ1) is 15.7. The van der Waals surface area contributed by atoms with Gasteiger partial charge < -0.3 is 21.1 Å². The fraction of sp³-hybridized carbons (Fsp3) is 0.583. The lowest BCUT2D eigenvalue weighted by Crippen LogP contribution is -2.54. The van der Waals surface area contributed by atoms with Crippen molar-refractivity contribution in [3.8, 4) is 0 Å². The van der Waals surface area contributed by atoms with E-state index >= 15 is 0 Å². The van der Waals surface area contributed by atoms with Crippen LogP contribution in [-0.4, -0.2) is 57.8 Å². The minimum absolute atomic E-state index is 0.0178. The number of carbonyl (C=O) groups excluding carboxylic acids is 3. The Hall–Kier alpha value is -2.94. The molecule has 2 aromatic rings. The number of nitrogens with one attached hydrogen (secondary N) is 3. The molecule has 1 fully saturated rings. The molecule has 1 aliphatic rings. The Kier molecular flexibility index (Phi) is 8.07. The van der Waals surface area contributed by atoms with E-state index in [9.17, 15) is 14.4 Å². The van der Waals surface area contributed by atoms with Crippen molar-refractivity contribution in [3.05, 3.63) is 30.0 Å². The van der Waals surface area contributed by atoms with Gasteiger partial charge in [-0.15, -0.1) is 0 Å². The number of benzene rings is 1. The van der Waals surface area contributed by atoms with E-state index in [0.29, 0.717) is 10.9 Å². The number of aliphatic hydroxyl groups is 1. The number of hydrogen-bond acceptors (Lipinski definition) is 5. The molecule has 1 aromatic carbocycles. The number of rotatable bonds is 8. The number of amides is 3. The zero-order valence-electron chi connectivity index (χ0n) is 19.7. The average molecular weight is 458 g/mol. The molecule has 3 amide bonds. The Labute approximate surface area is 194 Å². The lowest BCUT2D eigenvalue weighted by Gasteiger charge is -2.30. The highest BCUT2D eigenvalue weighted by Gasteiger charge is 2.34. The molecule has 33 heavy (non-hydrogen) atoms. The lowest BCUT2D eigenvalue weighted by molar-refractivity contribution is -0.125. The van der Waals surface area contributed by atoms with Crippen LogP contribution in [0.2, 0.25) is 0 Å². The molecule has 0 unspecified atom stereocenters. The Balaban J connectivity index is 1.80. The van der Waals surface area contributed by atoms with Gasteiger partial charge in [0.05, 0.1) is 12.1 Å². The lowest BCUT2D eigenvalue weighted by atomic mass is 9.86. The zero-order valence-corrected chi connectivity index (χ0v) is 19.7. The van der Waals surface area contributed by atoms with Crippen LogP contribution < -0.4 is 16.0 Å². The third-order valence-corrected chi connectivity index (χ3v) is 5.95. The van der Waals surface area contributed by atoms with Crippen molar-refractivity contribution < 1.29 is 19.5 Å². The molecule has 0 spiro atoms. The highest BCUT2D eigenvalue weighted by Crippen LogP contribution is 2.23. The Bertz CT molecular complexity index is 988. The summed E-state index contributed by atoms with van der Waals surface area (Å²) < 4.78 is 1.54. The van der Waals surface area contributed by atoms with E-state index in [2.05, 4.69) is 21.0 Å². The van der Waals surface area contributed by atoms with E-state index in [4.69, 9.17) is 5.11 Å². The highest BCUT2D eigenvalue weighted by molar-refractivity contribution is 6.06. The van der Waals surface area contributed by atoms with Crippen LogP contribution in [0, 0.1) is 5.41 Å². The highest BCUT2D eigenvalue weighted by atomic mass is 16.3. The number of aromatic nitrogens is 2. The van der Waals surface area contributed by atoms with Crippen molar-refractivity contribution >= 4 is 28.6 Å². The maximum absolute atomic E-state index is 13.2. The van der Waals surface area contributed by atoms with E-state index < -0.39 is 17.4 Å². The molecule has 1 heterocycles. The van der Waals surface area contributed by atoms with Gasteiger partial charge in [-0.3, -0.25) is 19.1 Å². The first kappa shape index (κ1) is 24.7. The molecule has 1 atom stereocenters. The molecule has 4 N–H and O–H groups in total. The minimum Gasteiger partial charge on any atom is -0.395 e. The summed E-state index contributed by atoms with van der Waals surface area (Å²) in [4.78, 5) is 38.5. The molecule has 9 heteroatoms. The van der Waals surface area contributed by atoms with Gasteiger partial charge in [0.15, 0.2) is 5.69 Å². The van der Waals surface area contributed by atoms with Gasteiger partial charge in [0, 0.05) is 18.0 Å². The molecule has 180 valence electrons. The molecule has 0 aliphatic heterocycles. The van der Waals surface area contributed by atoms with Crippen LogP contribution in [0.5, 0.6) is 0 Å². The van der Waals surface area contributed by atoms with E-state index in [1.165, 1.54) is 6.42 Å². The summed E-state index contributed by atoms with van der Waals surface area (Å²) in [5.41, 5.74) is 0.284. The second-order valence-electron chi connectivity index (χ2n) is 9.71. The summed E-state index contributed by atoms with van der Waals surface area (Å²) in [5.74, 6) is -0.990. The second kappa shape index (κ2) is 10.8. The number of fused-ring (bicyclic) bond motifs is 1. The summed E-state index contributed by atoms with van der Waals surface area (Å²) in [6, 6.07) is 6.62. The topological polar surface area (TPSA) is 125 Å². The Morgan fingerprint density at radius 3 is 2.52 bits per heavy atom. The van der Waals surface area contributed by atoms with Crippen LogP contribution >= 0.6 is 0 Å². The average Bonchev–Trinajstić information content (AvgIpc) is 3.14.